The van der Waals surface area contributed by atoms with Crippen LogP contribution in [0.5, 0.6) is 0 Å². The number of alkyl halides is 3. The number of ether oxygens (including phenoxy) is 1. The summed E-state index contributed by atoms with van der Waals surface area (Å²) in [7, 11) is 0. The zero-order chi connectivity index (χ0) is 11.8. The van der Waals surface area contributed by atoms with E-state index in [1.165, 1.54) is 0 Å². The summed E-state index contributed by atoms with van der Waals surface area (Å²) >= 11 is 0. The van der Waals surface area contributed by atoms with Gasteiger partial charge in [-0.15, -0.1) is 13.2 Å². The van der Waals surface area contributed by atoms with Gasteiger partial charge in [0.15, 0.2) is 0 Å². The van der Waals surface area contributed by atoms with Gasteiger partial charge in [-0.1, -0.05) is 6.07 Å². The normalized spacial score (nSPS) is 24.5. The highest BCUT2D eigenvalue weighted by atomic mass is 19.4. The Bertz CT molecular complexity index is 378. The first-order valence-corrected chi connectivity index (χ1v) is 5.09. The van der Waals surface area contributed by atoms with E-state index in [0.29, 0.717) is 0 Å². The van der Waals surface area contributed by atoms with E-state index in [9.17, 15) is 13.2 Å². The van der Waals surface area contributed by atoms with Crippen LogP contribution in [0.4, 0.5) is 13.2 Å². The molecule has 88 valence electrons. The number of hydrogen-bond acceptors (Lipinski definition) is 2. The molecule has 1 aliphatic carbocycles. The molecule has 2 nitrogen and oxygen atoms in total. The molecule has 0 spiro atoms. The van der Waals surface area contributed by atoms with Crippen LogP contribution in [0.15, 0.2) is 18.3 Å². The SMILES string of the molecule is Cc1ncccc1[C@H]1C[C@@H]1COC(F)(F)F. The molecule has 0 aliphatic heterocycles. The van der Waals surface area contributed by atoms with Gasteiger partial charge < -0.3 is 0 Å². The molecule has 5 heteroatoms. The smallest absolute Gasteiger partial charge is 0.292 e. The molecular formula is C11H12F3NO. The van der Waals surface area contributed by atoms with Crippen LogP contribution in [0, 0.1) is 12.8 Å². The van der Waals surface area contributed by atoms with Crippen molar-refractivity contribution in [3.05, 3.63) is 29.6 Å². The van der Waals surface area contributed by atoms with Crippen LogP contribution in [-0.2, 0) is 4.74 Å². The molecule has 0 bridgehead atoms. The van der Waals surface area contributed by atoms with Gasteiger partial charge in [-0.2, -0.15) is 0 Å². The fourth-order valence-electron chi connectivity index (χ4n) is 1.90. The third-order valence-electron chi connectivity index (χ3n) is 2.83. The summed E-state index contributed by atoms with van der Waals surface area (Å²) in [5.74, 6) is 0.153. The third-order valence-corrected chi connectivity index (χ3v) is 2.83. The van der Waals surface area contributed by atoms with E-state index < -0.39 is 6.36 Å². The maximum Gasteiger partial charge on any atom is 0.522 e. The number of aryl methyl sites for hydroxylation is 1. The predicted molar refractivity (Wildman–Crippen MR) is 51.8 cm³/mol. The van der Waals surface area contributed by atoms with Gasteiger partial charge in [0.1, 0.15) is 0 Å². The summed E-state index contributed by atoms with van der Waals surface area (Å²) in [5.41, 5.74) is 1.93. The Labute approximate surface area is 91.4 Å². The van der Waals surface area contributed by atoms with Gasteiger partial charge in [0.25, 0.3) is 0 Å². The van der Waals surface area contributed by atoms with E-state index in [4.69, 9.17) is 0 Å². The zero-order valence-electron chi connectivity index (χ0n) is 8.79. The number of halogens is 3. The Morgan fingerprint density at radius 3 is 2.88 bits per heavy atom. The average molecular weight is 231 g/mol. The van der Waals surface area contributed by atoms with Gasteiger partial charge in [0, 0.05) is 11.9 Å². The lowest BCUT2D eigenvalue weighted by molar-refractivity contribution is -0.326. The van der Waals surface area contributed by atoms with E-state index in [2.05, 4.69) is 9.72 Å². The van der Waals surface area contributed by atoms with Crippen LogP contribution in [0.3, 0.4) is 0 Å². The number of pyridine rings is 1. The highest BCUT2D eigenvalue weighted by molar-refractivity contribution is 5.28. The minimum atomic E-state index is -4.52. The van der Waals surface area contributed by atoms with Crippen molar-refractivity contribution < 1.29 is 17.9 Å². The number of nitrogens with zero attached hydrogens (tertiary/aromatic N) is 1. The van der Waals surface area contributed by atoms with Crippen molar-refractivity contribution in [2.75, 3.05) is 6.61 Å². The predicted octanol–water partition coefficient (Wildman–Crippen LogP) is 3.03. The fraction of sp³-hybridized carbons (Fsp3) is 0.545. The van der Waals surface area contributed by atoms with E-state index in [1.807, 2.05) is 19.1 Å². The molecule has 1 aromatic heterocycles. The minimum absolute atomic E-state index is 0.0236. The molecule has 1 aromatic rings. The Morgan fingerprint density at radius 1 is 1.50 bits per heavy atom. The molecule has 2 atom stereocenters. The molecular weight excluding hydrogens is 219 g/mol. The first-order chi connectivity index (χ1) is 7.47. The van der Waals surface area contributed by atoms with Crippen molar-refractivity contribution in [2.45, 2.75) is 25.6 Å². The third kappa shape index (κ3) is 2.72. The summed E-state index contributed by atoms with van der Waals surface area (Å²) in [6.45, 7) is 1.62. The molecule has 16 heavy (non-hydrogen) atoms. The maximum absolute atomic E-state index is 11.8. The monoisotopic (exact) mass is 231 g/mol. The highest BCUT2D eigenvalue weighted by Gasteiger charge is 2.42. The quantitative estimate of drug-likeness (QED) is 0.797. The molecule has 0 radical (unpaired) electrons. The highest BCUT2D eigenvalue weighted by Crippen LogP contribution is 2.48. The van der Waals surface area contributed by atoms with Gasteiger partial charge in [-0.3, -0.25) is 9.72 Å². The summed E-state index contributed by atoms with van der Waals surface area (Å²) in [5, 5.41) is 0. The summed E-state index contributed by atoms with van der Waals surface area (Å²) < 4.78 is 39.3. The molecule has 0 aromatic carbocycles. The first kappa shape index (κ1) is 11.4. The van der Waals surface area contributed by atoms with Crippen LogP contribution in [0.2, 0.25) is 0 Å². The Kier molecular flexibility index (Phi) is 2.88. The van der Waals surface area contributed by atoms with Crippen LogP contribution in [0.1, 0.15) is 23.6 Å². The van der Waals surface area contributed by atoms with Gasteiger partial charge in [-0.05, 0) is 36.8 Å². The number of aromatic nitrogens is 1. The molecule has 1 aliphatic rings. The van der Waals surface area contributed by atoms with Gasteiger partial charge in [-0.25, -0.2) is 0 Å². The van der Waals surface area contributed by atoms with E-state index in [0.717, 1.165) is 17.7 Å². The molecule has 1 heterocycles. The molecule has 0 saturated heterocycles. The molecule has 0 unspecified atom stereocenters. The van der Waals surface area contributed by atoms with E-state index in [1.54, 1.807) is 6.20 Å². The van der Waals surface area contributed by atoms with Crippen molar-refractivity contribution in [2.24, 2.45) is 5.92 Å². The van der Waals surface area contributed by atoms with E-state index in [-0.39, 0.29) is 18.4 Å². The summed E-state index contributed by atoms with van der Waals surface area (Å²) in [4.78, 5) is 4.12. The van der Waals surface area contributed by atoms with Gasteiger partial charge >= 0.3 is 6.36 Å². The lowest BCUT2D eigenvalue weighted by Gasteiger charge is -2.07. The Morgan fingerprint density at radius 2 is 2.25 bits per heavy atom. The first-order valence-electron chi connectivity index (χ1n) is 5.09. The Hall–Kier alpha value is -1.10. The van der Waals surface area contributed by atoms with Crippen LogP contribution in [0.25, 0.3) is 0 Å². The second-order valence-corrected chi connectivity index (χ2v) is 4.04. The average Bonchev–Trinajstić information content (AvgIpc) is 2.94. The summed E-state index contributed by atoms with van der Waals surface area (Å²) in [6, 6.07) is 3.73. The minimum Gasteiger partial charge on any atom is -0.292 e. The second-order valence-electron chi connectivity index (χ2n) is 4.04. The topological polar surface area (TPSA) is 22.1 Å². The van der Waals surface area contributed by atoms with E-state index >= 15 is 0 Å². The molecule has 1 saturated carbocycles. The van der Waals surface area contributed by atoms with Crippen molar-refractivity contribution in [3.63, 3.8) is 0 Å². The lowest BCUT2D eigenvalue weighted by Crippen LogP contribution is -2.15. The molecule has 1 fully saturated rings. The summed E-state index contributed by atoms with van der Waals surface area (Å²) in [6.07, 6.45) is -2.08. The molecule has 2 rings (SSSR count). The van der Waals surface area contributed by atoms with Crippen LogP contribution in [-0.4, -0.2) is 18.0 Å². The lowest BCUT2D eigenvalue weighted by atomic mass is 10.1. The van der Waals surface area contributed by atoms with Crippen LogP contribution < -0.4 is 0 Å². The van der Waals surface area contributed by atoms with Crippen molar-refractivity contribution in [1.29, 1.82) is 0 Å². The maximum atomic E-state index is 11.8. The zero-order valence-corrected chi connectivity index (χ0v) is 8.79. The number of rotatable bonds is 3. The second kappa shape index (κ2) is 4.05. The fourth-order valence-corrected chi connectivity index (χ4v) is 1.90. The van der Waals surface area contributed by atoms with Gasteiger partial charge in [0.05, 0.1) is 6.61 Å². The van der Waals surface area contributed by atoms with Crippen molar-refractivity contribution in [1.82, 2.24) is 4.98 Å². The molecule has 0 N–H and O–H groups in total. The van der Waals surface area contributed by atoms with Crippen LogP contribution >= 0.6 is 0 Å². The Balaban J connectivity index is 1.90. The van der Waals surface area contributed by atoms with Crippen molar-refractivity contribution >= 4 is 0 Å². The largest absolute Gasteiger partial charge is 0.522 e. The molecule has 0 amide bonds. The standard InChI is InChI=1S/C11H12F3NO/c1-7-9(3-2-4-15-7)10-5-8(10)6-16-11(12,13)14/h2-4,8,10H,5-6H2,1H3/t8-,10+/m1/s1. The number of hydrogen-bond donors (Lipinski definition) is 0. The van der Waals surface area contributed by atoms with Gasteiger partial charge in [0.2, 0.25) is 0 Å². The van der Waals surface area contributed by atoms with Crippen molar-refractivity contribution in [3.8, 4) is 0 Å².